The van der Waals surface area contributed by atoms with Crippen molar-refractivity contribution in [2.24, 2.45) is 0 Å². The number of halogens is 3. The van der Waals surface area contributed by atoms with E-state index >= 15 is 0 Å². The molecule has 1 aromatic heterocycles. The number of hydrogen-bond donors (Lipinski definition) is 1. The van der Waals surface area contributed by atoms with Crippen LogP contribution >= 0.6 is 0 Å². The molecule has 1 N–H and O–H groups in total. The van der Waals surface area contributed by atoms with Crippen molar-refractivity contribution in [2.75, 3.05) is 19.5 Å². The second-order valence-electron chi connectivity index (χ2n) is 8.39. The van der Waals surface area contributed by atoms with Crippen LogP contribution in [0.2, 0.25) is 0 Å². The summed E-state index contributed by atoms with van der Waals surface area (Å²) in [5.74, 6) is 1.14. The number of carbonyl (C=O) groups excluding carboxylic acids is 1. The van der Waals surface area contributed by atoms with Crippen molar-refractivity contribution in [2.45, 2.75) is 6.36 Å². The van der Waals surface area contributed by atoms with Gasteiger partial charge in [0, 0.05) is 28.9 Å². The number of benzene rings is 4. The van der Waals surface area contributed by atoms with Crippen molar-refractivity contribution in [1.29, 1.82) is 0 Å². The van der Waals surface area contributed by atoms with Gasteiger partial charge in [0.15, 0.2) is 11.5 Å². The summed E-state index contributed by atoms with van der Waals surface area (Å²) in [6, 6.07) is 20.9. The molecule has 5 aromatic rings. The van der Waals surface area contributed by atoms with Gasteiger partial charge in [-0.3, -0.25) is 9.78 Å². The number of carbonyl (C=O) groups is 1. The summed E-state index contributed by atoms with van der Waals surface area (Å²) in [4.78, 5) is 17.1. The Labute approximate surface area is 220 Å². The molecule has 5 rings (SSSR count). The van der Waals surface area contributed by atoms with Crippen LogP contribution in [0.3, 0.4) is 0 Å². The fourth-order valence-electron chi connectivity index (χ4n) is 4.07. The highest BCUT2D eigenvalue weighted by Crippen LogP contribution is 2.37. The molecule has 7 nitrogen and oxygen atoms in total. The van der Waals surface area contributed by atoms with Crippen molar-refractivity contribution in [1.82, 2.24) is 4.98 Å². The van der Waals surface area contributed by atoms with E-state index in [2.05, 4.69) is 15.0 Å². The van der Waals surface area contributed by atoms with Crippen molar-refractivity contribution < 1.29 is 36.9 Å². The second kappa shape index (κ2) is 10.4. The summed E-state index contributed by atoms with van der Waals surface area (Å²) in [5.41, 5.74) is 1.14. The Morgan fingerprint density at radius 3 is 2.33 bits per heavy atom. The zero-order valence-corrected chi connectivity index (χ0v) is 20.7. The maximum atomic E-state index is 12.7. The van der Waals surface area contributed by atoms with Crippen LogP contribution in [0, 0.1) is 0 Å². The Hall–Kier alpha value is -4.99. The molecule has 0 unspecified atom stereocenters. The molecule has 0 saturated carbocycles. The standard InChI is InChI=1S/C29H21F3N2O5/c1-36-26-15-23-24(16-27(26)37-2)33-11-10-25(23)38-21-9-7-17-6-8-20(12-19(17)14-21)34-28(35)18-4-3-5-22(13-18)39-29(30,31)32/h3-16H,1-2H3,(H,34,35). The van der Waals surface area contributed by atoms with E-state index in [1.54, 1.807) is 50.7 Å². The Morgan fingerprint density at radius 1 is 0.795 bits per heavy atom. The molecule has 0 aliphatic carbocycles. The van der Waals surface area contributed by atoms with E-state index in [1.807, 2.05) is 24.3 Å². The summed E-state index contributed by atoms with van der Waals surface area (Å²) in [7, 11) is 3.10. The number of ether oxygens (including phenoxy) is 4. The van der Waals surface area contributed by atoms with Crippen molar-refractivity contribution >= 4 is 33.3 Å². The van der Waals surface area contributed by atoms with Gasteiger partial charge in [-0.05, 0) is 65.4 Å². The number of fused-ring (bicyclic) bond motifs is 2. The zero-order valence-electron chi connectivity index (χ0n) is 20.7. The maximum absolute atomic E-state index is 12.7. The number of anilines is 1. The lowest BCUT2D eigenvalue weighted by Gasteiger charge is -2.13. The van der Waals surface area contributed by atoms with E-state index < -0.39 is 18.0 Å². The number of hydrogen-bond acceptors (Lipinski definition) is 6. The third-order valence-corrected chi connectivity index (χ3v) is 5.83. The van der Waals surface area contributed by atoms with Gasteiger partial charge in [0.1, 0.15) is 17.2 Å². The van der Waals surface area contributed by atoms with E-state index in [0.29, 0.717) is 34.2 Å². The van der Waals surface area contributed by atoms with E-state index in [-0.39, 0.29) is 5.56 Å². The Balaban J connectivity index is 1.39. The van der Waals surface area contributed by atoms with Gasteiger partial charge in [-0.15, -0.1) is 13.2 Å². The highest BCUT2D eigenvalue weighted by molar-refractivity contribution is 6.05. The number of aromatic nitrogens is 1. The van der Waals surface area contributed by atoms with Gasteiger partial charge in [0.2, 0.25) is 0 Å². The van der Waals surface area contributed by atoms with Crippen LogP contribution in [0.5, 0.6) is 28.7 Å². The number of amides is 1. The molecule has 39 heavy (non-hydrogen) atoms. The molecular formula is C29H21F3N2O5. The highest BCUT2D eigenvalue weighted by Gasteiger charge is 2.31. The maximum Gasteiger partial charge on any atom is 0.573 e. The minimum Gasteiger partial charge on any atom is -0.493 e. The van der Waals surface area contributed by atoms with Crippen LogP contribution < -0.4 is 24.3 Å². The minimum absolute atomic E-state index is 0.0190. The molecule has 4 aromatic carbocycles. The molecule has 0 spiro atoms. The van der Waals surface area contributed by atoms with Gasteiger partial charge in [0.25, 0.3) is 5.91 Å². The van der Waals surface area contributed by atoms with Crippen molar-refractivity contribution in [3.8, 4) is 28.7 Å². The predicted molar refractivity (Wildman–Crippen MR) is 140 cm³/mol. The Morgan fingerprint density at radius 2 is 1.56 bits per heavy atom. The Bertz CT molecular complexity index is 1690. The molecule has 198 valence electrons. The van der Waals surface area contributed by atoms with Gasteiger partial charge in [-0.1, -0.05) is 18.2 Å². The molecule has 0 fully saturated rings. The van der Waals surface area contributed by atoms with Crippen LogP contribution in [0.1, 0.15) is 10.4 Å². The molecule has 10 heteroatoms. The van der Waals surface area contributed by atoms with E-state index in [1.165, 1.54) is 12.1 Å². The summed E-state index contributed by atoms with van der Waals surface area (Å²) in [5, 5.41) is 5.11. The normalized spacial score (nSPS) is 11.3. The minimum atomic E-state index is -4.85. The average molecular weight is 534 g/mol. The van der Waals surface area contributed by atoms with Crippen LogP contribution in [-0.2, 0) is 0 Å². The number of nitrogens with one attached hydrogen (secondary N) is 1. The largest absolute Gasteiger partial charge is 0.573 e. The first-order valence-electron chi connectivity index (χ1n) is 11.6. The number of rotatable bonds is 7. The lowest BCUT2D eigenvalue weighted by molar-refractivity contribution is -0.274. The first kappa shape index (κ1) is 25.7. The topological polar surface area (TPSA) is 78.9 Å². The van der Waals surface area contributed by atoms with Crippen LogP contribution in [-0.4, -0.2) is 31.5 Å². The predicted octanol–water partition coefficient (Wildman–Crippen LogP) is 7.35. The molecule has 0 aliphatic heterocycles. The molecule has 0 atom stereocenters. The molecule has 1 heterocycles. The summed E-state index contributed by atoms with van der Waals surface area (Å²) in [6.45, 7) is 0. The summed E-state index contributed by atoms with van der Waals surface area (Å²) in [6.07, 6.45) is -3.22. The monoisotopic (exact) mass is 534 g/mol. The zero-order chi connectivity index (χ0) is 27.6. The molecule has 0 saturated heterocycles. The number of methoxy groups -OCH3 is 2. The quantitative estimate of drug-likeness (QED) is 0.235. The van der Waals surface area contributed by atoms with Crippen LogP contribution in [0.25, 0.3) is 21.7 Å². The third kappa shape index (κ3) is 5.80. The van der Waals surface area contributed by atoms with E-state index in [9.17, 15) is 18.0 Å². The highest BCUT2D eigenvalue weighted by atomic mass is 19.4. The fourth-order valence-corrected chi connectivity index (χ4v) is 4.07. The molecular weight excluding hydrogens is 513 g/mol. The molecule has 0 bridgehead atoms. The Kier molecular flexibility index (Phi) is 6.84. The first-order chi connectivity index (χ1) is 18.7. The number of nitrogens with zero attached hydrogens (tertiary/aromatic N) is 1. The summed E-state index contributed by atoms with van der Waals surface area (Å²) >= 11 is 0. The number of pyridine rings is 1. The van der Waals surface area contributed by atoms with Gasteiger partial charge in [-0.2, -0.15) is 0 Å². The SMILES string of the molecule is COc1cc2nccc(Oc3ccc4ccc(NC(=O)c5cccc(OC(F)(F)F)c5)cc4c3)c2cc1OC. The fraction of sp³-hybridized carbons (Fsp3) is 0.103. The lowest BCUT2D eigenvalue weighted by atomic mass is 10.1. The first-order valence-corrected chi connectivity index (χ1v) is 11.6. The van der Waals surface area contributed by atoms with Crippen LogP contribution in [0.15, 0.2) is 85.1 Å². The molecule has 1 amide bonds. The third-order valence-electron chi connectivity index (χ3n) is 5.83. The van der Waals surface area contributed by atoms with Crippen LogP contribution in [0.4, 0.5) is 18.9 Å². The number of alkyl halides is 3. The van der Waals surface area contributed by atoms with Crippen molar-refractivity contribution in [3.63, 3.8) is 0 Å². The van der Waals surface area contributed by atoms with Gasteiger partial charge < -0.3 is 24.3 Å². The molecule has 0 aliphatic rings. The smallest absolute Gasteiger partial charge is 0.493 e. The average Bonchev–Trinajstić information content (AvgIpc) is 2.91. The van der Waals surface area contributed by atoms with E-state index in [4.69, 9.17) is 14.2 Å². The summed E-state index contributed by atoms with van der Waals surface area (Å²) < 4.78 is 58.5. The van der Waals surface area contributed by atoms with E-state index in [0.717, 1.165) is 28.3 Å². The lowest BCUT2D eigenvalue weighted by Crippen LogP contribution is -2.18. The molecule has 0 radical (unpaired) electrons. The van der Waals surface area contributed by atoms with Crippen molar-refractivity contribution in [3.05, 3.63) is 90.6 Å². The van der Waals surface area contributed by atoms with Gasteiger partial charge in [0.05, 0.1) is 19.7 Å². The second-order valence-corrected chi connectivity index (χ2v) is 8.39. The van der Waals surface area contributed by atoms with Gasteiger partial charge in [-0.25, -0.2) is 0 Å². The van der Waals surface area contributed by atoms with Gasteiger partial charge >= 0.3 is 6.36 Å².